The van der Waals surface area contributed by atoms with Crippen molar-refractivity contribution >= 4 is 90.4 Å². The van der Waals surface area contributed by atoms with Crippen molar-refractivity contribution in [2.24, 2.45) is 0 Å². The van der Waals surface area contributed by atoms with Gasteiger partial charge in [0.2, 0.25) is 0 Å². The molecule has 8 aromatic carbocycles. The number of hydrogen-bond donors (Lipinski definition) is 1. The van der Waals surface area contributed by atoms with Crippen LogP contribution in [0.5, 0.6) is 0 Å². The minimum atomic E-state index is -0.0459. The molecular weight excluding hydrogens is 934 g/mol. The van der Waals surface area contributed by atoms with Crippen LogP contribution in [-0.4, -0.2) is 11.8 Å². The highest BCUT2D eigenvalue weighted by atomic mass is 16.3. The average molecular weight is 1010 g/mol. The summed E-state index contributed by atoms with van der Waals surface area (Å²) in [5, 5.41) is 8.85. The first-order valence-electron chi connectivity index (χ1n) is 28.3. The van der Waals surface area contributed by atoms with Crippen molar-refractivity contribution < 1.29 is 4.42 Å². The van der Waals surface area contributed by atoms with Crippen LogP contribution in [0.4, 0.5) is 28.4 Å². The van der Waals surface area contributed by atoms with Gasteiger partial charge in [-0.2, -0.15) is 0 Å². The summed E-state index contributed by atoms with van der Waals surface area (Å²) >= 11 is 0. The van der Waals surface area contributed by atoms with Crippen LogP contribution < -0.4 is 21.1 Å². The van der Waals surface area contributed by atoms with E-state index in [1.54, 1.807) is 0 Å². The van der Waals surface area contributed by atoms with E-state index >= 15 is 0 Å². The lowest BCUT2D eigenvalue weighted by molar-refractivity contribution is 0.332. The molecule has 0 saturated carbocycles. The third-order valence-corrected chi connectivity index (χ3v) is 17.7. The lowest BCUT2D eigenvalue weighted by Crippen LogP contribution is -2.41. The van der Waals surface area contributed by atoms with Crippen LogP contribution in [0.15, 0.2) is 150 Å². The van der Waals surface area contributed by atoms with E-state index in [1.165, 1.54) is 77.4 Å². The molecule has 0 bridgehead atoms. The van der Waals surface area contributed by atoms with E-state index in [0.29, 0.717) is 0 Å². The maximum atomic E-state index is 7.34. The topological polar surface area (TPSA) is 33.3 Å². The minimum absolute atomic E-state index is 0.0216. The number of para-hydroxylation sites is 1. The fraction of sp³-hybridized carbons (Fsp3) is 0.333. The largest absolute Gasteiger partial charge is 0.455 e. The Balaban J connectivity index is 1.19. The van der Waals surface area contributed by atoms with E-state index in [4.69, 9.17) is 4.42 Å². The van der Waals surface area contributed by atoms with Crippen LogP contribution >= 0.6 is 0 Å². The van der Waals surface area contributed by atoms with Crippen molar-refractivity contribution in [3.8, 4) is 16.8 Å². The zero-order chi connectivity index (χ0) is 54.5. The molecule has 1 N–H and O–H groups in total. The van der Waals surface area contributed by atoms with Gasteiger partial charge in [0.05, 0.1) is 16.4 Å². The maximum absolute atomic E-state index is 7.34. The van der Waals surface area contributed by atoms with Crippen molar-refractivity contribution in [3.63, 3.8) is 0 Å². The summed E-state index contributed by atoms with van der Waals surface area (Å²) in [5.74, 6) is 0. The quantitative estimate of drug-likeness (QED) is 0.169. The smallest absolute Gasteiger partial charge is 0.198 e. The van der Waals surface area contributed by atoms with Gasteiger partial charge >= 0.3 is 0 Å². The second-order valence-electron chi connectivity index (χ2n) is 28.3. The lowest BCUT2D eigenvalue weighted by atomic mass is 9.55. The Hall–Kier alpha value is -6.98. The summed E-state index contributed by atoms with van der Waals surface area (Å²) in [7, 11) is 0.788. The fourth-order valence-electron chi connectivity index (χ4n) is 12.8. The predicted molar refractivity (Wildman–Crippen MR) is 334 cm³/mol. The Kier molecular flexibility index (Phi) is 11.4. The van der Waals surface area contributed by atoms with E-state index in [-0.39, 0.29) is 32.5 Å². The van der Waals surface area contributed by atoms with Crippen LogP contribution in [0.3, 0.4) is 0 Å². The number of hydrogen-bond acceptors (Lipinski definition) is 3. The van der Waals surface area contributed by atoms with Gasteiger partial charge < -0.3 is 19.2 Å². The molecule has 10 aromatic rings. The van der Waals surface area contributed by atoms with Crippen LogP contribution in [0.2, 0.25) is 0 Å². The third-order valence-electron chi connectivity index (χ3n) is 17.7. The number of rotatable bonds is 6. The number of nitrogens with zero attached hydrogens (tertiary/aromatic N) is 2. The molecule has 1 aliphatic carbocycles. The Bertz CT molecular complexity index is 3930. The Labute approximate surface area is 459 Å². The van der Waals surface area contributed by atoms with Gasteiger partial charge in [0, 0.05) is 55.8 Å². The first-order valence-corrected chi connectivity index (χ1v) is 28.3. The van der Waals surface area contributed by atoms with E-state index in [0.717, 1.165) is 76.1 Å². The highest BCUT2D eigenvalue weighted by Gasteiger charge is 2.40. The van der Waals surface area contributed by atoms with Gasteiger partial charge in [0.15, 0.2) is 7.28 Å². The molecule has 0 saturated heterocycles. The van der Waals surface area contributed by atoms with Crippen molar-refractivity contribution in [2.45, 2.75) is 156 Å². The van der Waals surface area contributed by atoms with Gasteiger partial charge in [0.1, 0.15) is 11.2 Å². The summed E-state index contributed by atoms with van der Waals surface area (Å²) in [6.45, 7) is 37.4. The second kappa shape index (κ2) is 17.3. The molecule has 1 aliphatic heterocycles. The Morgan fingerprint density at radius 3 is 1.61 bits per heavy atom. The minimum Gasteiger partial charge on any atom is -0.455 e. The highest BCUT2D eigenvalue weighted by molar-refractivity contribution is 6.74. The van der Waals surface area contributed by atoms with Crippen molar-refractivity contribution in [3.05, 3.63) is 179 Å². The van der Waals surface area contributed by atoms with Gasteiger partial charge in [0.25, 0.3) is 0 Å². The molecule has 77 heavy (non-hydrogen) atoms. The molecule has 390 valence electrons. The first kappa shape index (κ1) is 50.8. The summed E-state index contributed by atoms with van der Waals surface area (Å²) < 4.78 is 9.98. The van der Waals surface area contributed by atoms with E-state index < -0.39 is 0 Å². The average Bonchev–Trinajstić information content (AvgIpc) is 3.93. The zero-order valence-corrected chi connectivity index (χ0v) is 48.8. The maximum Gasteiger partial charge on any atom is 0.198 e. The third kappa shape index (κ3) is 8.50. The van der Waals surface area contributed by atoms with E-state index in [9.17, 15) is 0 Å². The van der Waals surface area contributed by atoms with E-state index in [2.05, 4.69) is 271 Å². The number of nitrogens with one attached hydrogen (secondary N) is 1. The van der Waals surface area contributed by atoms with Gasteiger partial charge in [-0.05, 0) is 163 Å². The SMILES string of the molecule is CC(C)(C)c1ccc(Nc2cc(N(c3ccc(C(C)(C)C)cc3)c3ccc(C(C)(C)C)cc3)ccc2-c2c3c4c(c5cc(C(C)(C)C)ccc5n4-c4cc5c(cc4B3)C(C)(C)CCC5(C)C)c3oc4ccccc4c23)cc1. The number of aromatic nitrogens is 1. The fourth-order valence-corrected chi connectivity index (χ4v) is 12.8. The standard InChI is InChI=1S/C72H78BN3O/c1-67(2,3)43-21-28-47(29-22-43)74-57-40-50(75(48-30-23-44(24-31-48)68(4,5)6)49-32-25-45(26-33-49)69(7,8)9)34-35-51(57)61-62-52-19-17-18-20-60(52)77-66(62)63-53-39-46(70(10,11)12)27-36-58(53)76-59-42-55-54(41-56(59)73-64(61)65(63)76)71(13,14)37-38-72(55,15)16/h17-36,39-42,73-74H,37-38H2,1-16H3. The Morgan fingerprint density at radius 2 is 1.04 bits per heavy atom. The summed E-state index contributed by atoms with van der Waals surface area (Å²) in [4.78, 5) is 2.43. The van der Waals surface area contributed by atoms with Gasteiger partial charge in [-0.1, -0.05) is 189 Å². The normalized spacial score (nSPS) is 15.2. The summed E-state index contributed by atoms with van der Waals surface area (Å²) in [6.07, 6.45) is 2.33. The monoisotopic (exact) mass is 1010 g/mol. The number of furan rings is 1. The van der Waals surface area contributed by atoms with Gasteiger partial charge in [-0.25, -0.2) is 0 Å². The molecule has 0 atom stereocenters. The number of benzene rings is 8. The van der Waals surface area contributed by atoms with Crippen molar-refractivity contribution in [1.29, 1.82) is 0 Å². The Morgan fingerprint density at radius 1 is 0.519 bits per heavy atom. The highest BCUT2D eigenvalue weighted by Crippen LogP contribution is 2.51. The molecule has 2 aliphatic rings. The molecule has 0 spiro atoms. The summed E-state index contributed by atoms with van der Waals surface area (Å²) in [6, 6.07) is 55.8. The molecule has 0 unspecified atom stereocenters. The predicted octanol–water partition coefficient (Wildman–Crippen LogP) is 18.8. The molecule has 0 amide bonds. The van der Waals surface area contributed by atoms with Crippen LogP contribution in [0.1, 0.15) is 157 Å². The van der Waals surface area contributed by atoms with Gasteiger partial charge in [-0.15, -0.1) is 0 Å². The molecule has 2 aromatic heterocycles. The first-order chi connectivity index (χ1) is 36.2. The number of fused-ring (bicyclic) bond motifs is 10. The molecule has 0 radical (unpaired) electrons. The van der Waals surface area contributed by atoms with Crippen LogP contribution in [0.25, 0.3) is 60.6 Å². The molecular formula is C72H78BN3O. The lowest BCUT2D eigenvalue weighted by Gasteiger charge is -2.43. The van der Waals surface area contributed by atoms with Crippen molar-refractivity contribution in [1.82, 2.24) is 4.57 Å². The number of anilines is 5. The van der Waals surface area contributed by atoms with Gasteiger partial charge in [-0.3, -0.25) is 0 Å². The molecule has 5 heteroatoms. The zero-order valence-electron chi connectivity index (χ0n) is 48.8. The van der Waals surface area contributed by atoms with Crippen molar-refractivity contribution in [2.75, 3.05) is 10.2 Å². The molecule has 3 heterocycles. The van der Waals surface area contributed by atoms with Crippen LogP contribution in [0, 0.1) is 0 Å². The van der Waals surface area contributed by atoms with Crippen LogP contribution in [-0.2, 0) is 32.5 Å². The molecule has 0 fully saturated rings. The van der Waals surface area contributed by atoms with E-state index in [1.807, 2.05) is 0 Å². The molecule has 12 rings (SSSR count). The molecule has 4 nitrogen and oxygen atoms in total. The second-order valence-corrected chi connectivity index (χ2v) is 28.3. The summed E-state index contributed by atoms with van der Waals surface area (Å²) in [5.41, 5.74) is 24.4.